The van der Waals surface area contributed by atoms with Gasteiger partial charge in [-0.05, 0) is 57.4 Å². The Hall–Kier alpha value is -3.46. The number of carbonyl (C=O) groups excluding carboxylic acids is 4. The molecular weight excluding hydrogens is 488 g/mol. The van der Waals surface area contributed by atoms with Gasteiger partial charge in [-0.1, -0.05) is 13.8 Å². The Morgan fingerprint density at radius 1 is 1.13 bits per heavy atom. The van der Waals surface area contributed by atoms with Gasteiger partial charge in [-0.25, -0.2) is 4.98 Å². The molecule has 0 bridgehead atoms. The van der Waals surface area contributed by atoms with E-state index in [1.165, 1.54) is 18.2 Å². The van der Waals surface area contributed by atoms with E-state index in [2.05, 4.69) is 32.0 Å². The number of hydrogen-bond donors (Lipinski definition) is 5. The quantitative estimate of drug-likeness (QED) is 0.217. The van der Waals surface area contributed by atoms with Crippen LogP contribution in [0.1, 0.15) is 71.4 Å². The molecule has 6 N–H and O–H groups in total. The van der Waals surface area contributed by atoms with Crippen LogP contribution in [0.15, 0.2) is 12.5 Å². The molecular formula is C26H42N8O4. The zero-order valence-corrected chi connectivity index (χ0v) is 22.7. The molecule has 1 aliphatic heterocycles. The van der Waals surface area contributed by atoms with Crippen molar-refractivity contribution in [3.05, 3.63) is 18.2 Å². The zero-order chi connectivity index (χ0) is 28.1. The lowest BCUT2D eigenvalue weighted by Crippen LogP contribution is -2.58. The highest BCUT2D eigenvalue weighted by atomic mass is 16.2. The van der Waals surface area contributed by atoms with Crippen molar-refractivity contribution in [3.63, 3.8) is 0 Å². The molecule has 1 aromatic rings. The van der Waals surface area contributed by atoms with E-state index in [1.54, 1.807) is 6.20 Å². The molecule has 1 aliphatic rings. The molecule has 1 fully saturated rings. The number of nitriles is 1. The maximum atomic E-state index is 13.6. The number of imidazole rings is 1. The summed E-state index contributed by atoms with van der Waals surface area (Å²) in [7, 11) is 0. The number of piperidine rings is 1. The van der Waals surface area contributed by atoms with Gasteiger partial charge in [0.1, 0.15) is 24.2 Å². The molecule has 1 unspecified atom stereocenters. The van der Waals surface area contributed by atoms with Crippen LogP contribution in [0, 0.1) is 17.2 Å². The Kier molecular flexibility index (Phi) is 12.7. The van der Waals surface area contributed by atoms with Crippen LogP contribution in [-0.4, -0.2) is 75.8 Å². The minimum absolute atomic E-state index is 0.0642. The van der Waals surface area contributed by atoms with Gasteiger partial charge in [0, 0.05) is 31.8 Å². The molecule has 0 spiro atoms. The molecule has 2 heterocycles. The van der Waals surface area contributed by atoms with E-state index in [-0.39, 0.29) is 24.2 Å². The number of carbonyl (C=O) groups is 4. The van der Waals surface area contributed by atoms with Gasteiger partial charge in [0.25, 0.3) is 0 Å². The first-order valence-electron chi connectivity index (χ1n) is 13.4. The zero-order valence-electron chi connectivity index (χ0n) is 22.7. The van der Waals surface area contributed by atoms with Crippen molar-refractivity contribution in [2.75, 3.05) is 13.1 Å². The fraction of sp³-hybridized carbons (Fsp3) is 0.692. The lowest BCUT2D eigenvalue weighted by molar-refractivity contribution is -0.139. The summed E-state index contributed by atoms with van der Waals surface area (Å²) in [6.45, 7) is 6.11. The number of H-pyrrole nitrogens is 1. The predicted molar refractivity (Wildman–Crippen MR) is 141 cm³/mol. The number of likely N-dealkylation sites (tertiary alicyclic amines) is 1. The average molecular weight is 531 g/mol. The minimum Gasteiger partial charge on any atom is -0.348 e. The number of rotatable bonds is 14. The summed E-state index contributed by atoms with van der Waals surface area (Å²) in [6.07, 6.45) is 7.56. The first kappa shape index (κ1) is 30.8. The van der Waals surface area contributed by atoms with Crippen LogP contribution in [0.2, 0.25) is 0 Å². The van der Waals surface area contributed by atoms with Crippen LogP contribution in [-0.2, 0) is 25.6 Å². The van der Waals surface area contributed by atoms with Crippen molar-refractivity contribution < 1.29 is 19.2 Å². The van der Waals surface area contributed by atoms with Crippen molar-refractivity contribution in [1.29, 1.82) is 5.26 Å². The van der Waals surface area contributed by atoms with Crippen LogP contribution < -0.4 is 21.7 Å². The highest BCUT2D eigenvalue weighted by Crippen LogP contribution is 2.18. The highest BCUT2D eigenvalue weighted by molar-refractivity contribution is 5.94. The molecule has 4 amide bonds. The summed E-state index contributed by atoms with van der Waals surface area (Å²) in [5, 5.41) is 17.9. The van der Waals surface area contributed by atoms with Crippen LogP contribution in [0.5, 0.6) is 0 Å². The Balaban J connectivity index is 2.22. The summed E-state index contributed by atoms with van der Waals surface area (Å²) in [4.78, 5) is 60.4. The second kappa shape index (κ2) is 15.7. The fourth-order valence-electron chi connectivity index (χ4n) is 4.60. The normalized spacial score (nSPS) is 17.7. The molecule has 0 aliphatic carbocycles. The predicted octanol–water partition coefficient (Wildman–Crippen LogP) is 0.506. The third-order valence-electron chi connectivity index (χ3n) is 6.51. The largest absolute Gasteiger partial charge is 0.348 e. The van der Waals surface area contributed by atoms with Crippen molar-refractivity contribution >= 4 is 23.6 Å². The van der Waals surface area contributed by atoms with E-state index in [4.69, 9.17) is 5.73 Å². The lowest BCUT2D eigenvalue weighted by Gasteiger charge is -2.35. The van der Waals surface area contributed by atoms with Gasteiger partial charge in [0.2, 0.25) is 23.6 Å². The van der Waals surface area contributed by atoms with Crippen molar-refractivity contribution in [2.24, 2.45) is 11.7 Å². The molecule has 0 aromatic carbocycles. The van der Waals surface area contributed by atoms with Crippen LogP contribution in [0.3, 0.4) is 0 Å². The Labute approximate surface area is 224 Å². The Morgan fingerprint density at radius 2 is 1.84 bits per heavy atom. The summed E-state index contributed by atoms with van der Waals surface area (Å²) >= 11 is 0. The lowest BCUT2D eigenvalue weighted by atomic mass is 9.99. The summed E-state index contributed by atoms with van der Waals surface area (Å²) < 4.78 is 0. The molecule has 210 valence electrons. The van der Waals surface area contributed by atoms with Crippen LogP contribution in [0.4, 0.5) is 0 Å². The van der Waals surface area contributed by atoms with E-state index in [0.29, 0.717) is 50.9 Å². The number of amides is 4. The molecule has 0 saturated carbocycles. The Morgan fingerprint density at radius 3 is 2.45 bits per heavy atom. The molecule has 38 heavy (non-hydrogen) atoms. The minimum atomic E-state index is -0.945. The summed E-state index contributed by atoms with van der Waals surface area (Å²) in [5.74, 6) is -1.59. The summed E-state index contributed by atoms with van der Waals surface area (Å²) in [6, 6.07) is -1.01. The molecule has 12 heteroatoms. The third kappa shape index (κ3) is 9.78. The SMILES string of the molecule is CC(=O)N[C@@H](CCCCN)C(=O)N[C@@H](CC(C)C)C(=O)N[C@@H](Cc1cnc[nH]1)C(=O)N1CCCCC1C#N. The second-order valence-corrected chi connectivity index (χ2v) is 10.2. The fourth-order valence-corrected chi connectivity index (χ4v) is 4.60. The van der Waals surface area contributed by atoms with Crippen LogP contribution in [0.25, 0.3) is 0 Å². The van der Waals surface area contributed by atoms with Gasteiger partial charge >= 0.3 is 0 Å². The first-order chi connectivity index (χ1) is 18.2. The molecule has 2 rings (SSSR count). The number of aromatic nitrogens is 2. The van der Waals surface area contributed by atoms with E-state index in [1.807, 2.05) is 13.8 Å². The van der Waals surface area contributed by atoms with Gasteiger partial charge in [0.15, 0.2) is 0 Å². The van der Waals surface area contributed by atoms with Gasteiger partial charge < -0.3 is 31.6 Å². The first-order valence-corrected chi connectivity index (χ1v) is 13.4. The maximum absolute atomic E-state index is 13.6. The van der Waals surface area contributed by atoms with Crippen LogP contribution >= 0.6 is 0 Å². The highest BCUT2D eigenvalue weighted by Gasteiger charge is 2.35. The number of nitrogens with one attached hydrogen (secondary N) is 4. The number of hydrogen-bond acceptors (Lipinski definition) is 7. The smallest absolute Gasteiger partial charge is 0.246 e. The number of aromatic amines is 1. The third-order valence-corrected chi connectivity index (χ3v) is 6.51. The van der Waals surface area contributed by atoms with Gasteiger partial charge in [-0.2, -0.15) is 5.26 Å². The van der Waals surface area contributed by atoms with E-state index < -0.39 is 36.0 Å². The van der Waals surface area contributed by atoms with Crippen molar-refractivity contribution in [3.8, 4) is 6.07 Å². The molecule has 1 aromatic heterocycles. The van der Waals surface area contributed by atoms with Crippen molar-refractivity contribution in [1.82, 2.24) is 30.8 Å². The topological polar surface area (TPSA) is 186 Å². The maximum Gasteiger partial charge on any atom is 0.246 e. The number of unbranched alkanes of at least 4 members (excludes halogenated alkanes) is 1. The molecule has 4 atom stereocenters. The molecule has 12 nitrogen and oxygen atoms in total. The van der Waals surface area contributed by atoms with E-state index in [9.17, 15) is 24.4 Å². The van der Waals surface area contributed by atoms with Crippen molar-refractivity contribution in [2.45, 2.75) is 96.3 Å². The van der Waals surface area contributed by atoms with Gasteiger partial charge in [-0.15, -0.1) is 0 Å². The standard InChI is InChI=1S/C26H42N8O4/c1-17(2)12-22(32-24(36)21(31-18(3)35)9-4-6-10-27)25(37)33-23(13-19-15-29-16-30-19)26(38)34-11-7-5-8-20(34)14-28/h15-17,20-23H,4-13,27H2,1-3H3,(H,29,30)(H,31,35)(H,32,36)(H,33,37)/t20?,21-,22-,23-/m0/s1. The van der Waals surface area contributed by atoms with E-state index >= 15 is 0 Å². The second-order valence-electron chi connectivity index (χ2n) is 10.2. The monoisotopic (exact) mass is 530 g/mol. The Bertz CT molecular complexity index is 959. The van der Waals surface area contributed by atoms with Gasteiger partial charge in [0.05, 0.1) is 12.4 Å². The number of nitrogens with two attached hydrogens (primary N) is 1. The van der Waals surface area contributed by atoms with E-state index in [0.717, 1.165) is 12.8 Å². The van der Waals surface area contributed by atoms with Gasteiger partial charge in [-0.3, -0.25) is 19.2 Å². The molecule has 0 radical (unpaired) electrons. The number of nitrogens with zero attached hydrogens (tertiary/aromatic N) is 3. The molecule has 1 saturated heterocycles. The average Bonchev–Trinajstić information content (AvgIpc) is 3.39. The summed E-state index contributed by atoms with van der Waals surface area (Å²) in [5.41, 5.74) is 6.22.